The lowest BCUT2D eigenvalue weighted by Crippen LogP contribution is -2.34. The summed E-state index contributed by atoms with van der Waals surface area (Å²) in [5.41, 5.74) is 1.06. The largest absolute Gasteiger partial charge is 0.240 e. The number of thioether (sulfide) groups is 1. The Labute approximate surface area is 114 Å². The Balaban J connectivity index is 2.77. The Kier molecular flexibility index (Phi) is 6.18. The van der Waals surface area contributed by atoms with Crippen LogP contribution in [0, 0.1) is 6.92 Å². The number of hydrogen-bond acceptors (Lipinski definition) is 3. The summed E-state index contributed by atoms with van der Waals surface area (Å²) in [4.78, 5) is 0.343. The van der Waals surface area contributed by atoms with Gasteiger partial charge < -0.3 is 0 Å². The second-order valence-electron chi connectivity index (χ2n) is 4.32. The summed E-state index contributed by atoms with van der Waals surface area (Å²) >= 11 is 1.73. The molecule has 0 saturated carbocycles. The zero-order chi connectivity index (χ0) is 13.6. The van der Waals surface area contributed by atoms with Crippen LogP contribution in [0.2, 0.25) is 0 Å². The zero-order valence-electron chi connectivity index (χ0n) is 11.1. The smallest absolute Gasteiger partial charge is 0.208 e. The maximum absolute atomic E-state index is 12.2. The van der Waals surface area contributed by atoms with Gasteiger partial charge in [-0.2, -0.15) is 11.8 Å². The van der Waals surface area contributed by atoms with Gasteiger partial charge in [0, 0.05) is 6.04 Å². The fourth-order valence-electron chi connectivity index (χ4n) is 1.61. The van der Waals surface area contributed by atoms with Crippen LogP contribution in [0.15, 0.2) is 29.2 Å². The summed E-state index contributed by atoms with van der Waals surface area (Å²) in [6.45, 7) is 3.94. The zero-order valence-corrected chi connectivity index (χ0v) is 12.8. The molecule has 102 valence electrons. The summed E-state index contributed by atoms with van der Waals surface area (Å²) < 4.78 is 27.1. The van der Waals surface area contributed by atoms with Gasteiger partial charge in [0.15, 0.2) is 0 Å². The highest BCUT2D eigenvalue weighted by molar-refractivity contribution is 7.98. The van der Waals surface area contributed by atoms with E-state index in [4.69, 9.17) is 0 Å². The predicted octanol–water partition coefficient (Wildman–Crippen LogP) is 2.81. The molecule has 0 unspecified atom stereocenters. The molecule has 0 fully saturated rings. The molecular weight excluding hydrogens is 266 g/mol. The molecule has 5 heteroatoms. The van der Waals surface area contributed by atoms with Crippen LogP contribution in [0.5, 0.6) is 0 Å². The Morgan fingerprint density at radius 1 is 1.28 bits per heavy atom. The lowest BCUT2D eigenvalue weighted by molar-refractivity contribution is 0.532. The minimum absolute atomic E-state index is 0.0174. The van der Waals surface area contributed by atoms with Crippen LogP contribution >= 0.6 is 11.8 Å². The number of nitrogens with one attached hydrogen (secondary N) is 1. The highest BCUT2D eigenvalue weighted by atomic mass is 32.2. The van der Waals surface area contributed by atoms with Crippen LogP contribution in [0.4, 0.5) is 0 Å². The van der Waals surface area contributed by atoms with Crippen molar-refractivity contribution in [2.75, 3.05) is 12.0 Å². The second-order valence-corrected chi connectivity index (χ2v) is 7.02. The number of rotatable bonds is 7. The van der Waals surface area contributed by atoms with Crippen LogP contribution in [-0.2, 0) is 10.0 Å². The first-order chi connectivity index (χ1) is 8.49. The van der Waals surface area contributed by atoms with Crippen LogP contribution in [-0.4, -0.2) is 26.5 Å². The summed E-state index contributed by atoms with van der Waals surface area (Å²) in [6, 6.07) is 6.95. The molecule has 3 nitrogen and oxygen atoms in total. The Morgan fingerprint density at radius 2 is 1.89 bits per heavy atom. The molecule has 1 N–H and O–H groups in total. The molecule has 0 amide bonds. The van der Waals surface area contributed by atoms with E-state index in [0.29, 0.717) is 4.90 Å². The lowest BCUT2D eigenvalue weighted by atomic mass is 10.2. The Hall–Kier alpha value is -0.520. The van der Waals surface area contributed by atoms with E-state index in [9.17, 15) is 8.42 Å². The summed E-state index contributed by atoms with van der Waals surface area (Å²) in [5, 5.41) is 0. The van der Waals surface area contributed by atoms with Gasteiger partial charge in [-0.15, -0.1) is 0 Å². The van der Waals surface area contributed by atoms with Gasteiger partial charge in [-0.05, 0) is 43.9 Å². The van der Waals surface area contributed by atoms with E-state index in [1.54, 1.807) is 23.9 Å². The minimum Gasteiger partial charge on any atom is -0.208 e. The molecule has 0 spiro atoms. The van der Waals surface area contributed by atoms with Gasteiger partial charge >= 0.3 is 0 Å². The molecule has 0 aliphatic heterocycles. The van der Waals surface area contributed by atoms with Gasteiger partial charge in [0.25, 0.3) is 0 Å². The van der Waals surface area contributed by atoms with E-state index >= 15 is 0 Å². The van der Waals surface area contributed by atoms with Crippen molar-refractivity contribution >= 4 is 21.8 Å². The summed E-state index contributed by atoms with van der Waals surface area (Å²) in [6.07, 6.45) is 3.70. The van der Waals surface area contributed by atoms with Crippen molar-refractivity contribution < 1.29 is 8.42 Å². The molecule has 0 heterocycles. The van der Waals surface area contributed by atoms with E-state index in [0.717, 1.165) is 24.2 Å². The van der Waals surface area contributed by atoms with Crippen molar-refractivity contribution in [3.05, 3.63) is 29.8 Å². The summed E-state index contributed by atoms with van der Waals surface area (Å²) in [5.74, 6) is 0.967. The van der Waals surface area contributed by atoms with Gasteiger partial charge in [0.05, 0.1) is 4.90 Å². The highest BCUT2D eigenvalue weighted by Crippen LogP contribution is 2.13. The van der Waals surface area contributed by atoms with Crippen LogP contribution in [0.1, 0.15) is 25.3 Å². The third-order valence-electron chi connectivity index (χ3n) is 2.82. The van der Waals surface area contributed by atoms with Crippen molar-refractivity contribution in [2.45, 2.75) is 37.6 Å². The van der Waals surface area contributed by atoms with Crippen molar-refractivity contribution in [1.29, 1.82) is 0 Å². The van der Waals surface area contributed by atoms with E-state index in [-0.39, 0.29) is 6.04 Å². The van der Waals surface area contributed by atoms with Crippen molar-refractivity contribution in [3.63, 3.8) is 0 Å². The molecule has 0 aliphatic carbocycles. The molecule has 0 bridgehead atoms. The first-order valence-electron chi connectivity index (χ1n) is 6.07. The molecule has 1 aromatic rings. The number of hydrogen-bond donors (Lipinski definition) is 1. The van der Waals surface area contributed by atoms with Crippen molar-refractivity contribution in [3.8, 4) is 0 Å². The SMILES string of the molecule is CC[C@H](CCSC)NS(=O)(=O)c1ccc(C)cc1. The van der Waals surface area contributed by atoms with E-state index in [1.165, 1.54) is 0 Å². The molecular formula is C13H21NO2S2. The van der Waals surface area contributed by atoms with Crippen molar-refractivity contribution in [1.82, 2.24) is 4.72 Å². The molecule has 0 aromatic heterocycles. The molecule has 0 saturated heterocycles. The number of aryl methyl sites for hydroxylation is 1. The first-order valence-corrected chi connectivity index (χ1v) is 8.95. The lowest BCUT2D eigenvalue weighted by Gasteiger charge is -2.16. The molecule has 1 atom stereocenters. The standard InChI is InChI=1S/C13H21NO2S2/c1-4-12(9-10-17-3)14-18(15,16)13-7-5-11(2)6-8-13/h5-8,12,14H,4,9-10H2,1-3H3/t12-/m1/s1. The molecule has 1 aromatic carbocycles. The molecule has 0 radical (unpaired) electrons. The fourth-order valence-corrected chi connectivity index (χ4v) is 3.49. The highest BCUT2D eigenvalue weighted by Gasteiger charge is 2.18. The van der Waals surface area contributed by atoms with Crippen molar-refractivity contribution in [2.24, 2.45) is 0 Å². The fraction of sp³-hybridized carbons (Fsp3) is 0.538. The maximum Gasteiger partial charge on any atom is 0.240 e. The molecule has 0 aliphatic rings. The van der Waals surface area contributed by atoms with Gasteiger partial charge in [-0.1, -0.05) is 24.6 Å². The molecule has 18 heavy (non-hydrogen) atoms. The van der Waals surface area contributed by atoms with Gasteiger partial charge in [0.1, 0.15) is 0 Å². The maximum atomic E-state index is 12.2. The average molecular weight is 287 g/mol. The normalized spacial score (nSPS) is 13.5. The van der Waals surface area contributed by atoms with Gasteiger partial charge in [0.2, 0.25) is 10.0 Å². The predicted molar refractivity (Wildman–Crippen MR) is 78.6 cm³/mol. The number of sulfonamides is 1. The third kappa shape index (κ3) is 4.63. The monoisotopic (exact) mass is 287 g/mol. The van der Waals surface area contributed by atoms with Crippen LogP contribution in [0.25, 0.3) is 0 Å². The van der Waals surface area contributed by atoms with E-state index in [1.807, 2.05) is 32.2 Å². The third-order valence-corrected chi connectivity index (χ3v) is 5.00. The first kappa shape index (κ1) is 15.5. The van der Waals surface area contributed by atoms with E-state index in [2.05, 4.69) is 4.72 Å². The van der Waals surface area contributed by atoms with Crippen LogP contribution in [0.3, 0.4) is 0 Å². The quantitative estimate of drug-likeness (QED) is 0.839. The second kappa shape index (κ2) is 7.16. The minimum atomic E-state index is -3.38. The Morgan fingerprint density at radius 3 is 2.39 bits per heavy atom. The van der Waals surface area contributed by atoms with Crippen LogP contribution < -0.4 is 4.72 Å². The van der Waals surface area contributed by atoms with Gasteiger partial charge in [-0.25, -0.2) is 13.1 Å². The van der Waals surface area contributed by atoms with E-state index < -0.39 is 10.0 Å². The Bertz CT molecular complexity index is 454. The average Bonchev–Trinajstić information content (AvgIpc) is 2.35. The topological polar surface area (TPSA) is 46.2 Å². The molecule has 1 rings (SSSR count). The van der Waals surface area contributed by atoms with Gasteiger partial charge in [-0.3, -0.25) is 0 Å². The summed E-state index contributed by atoms with van der Waals surface area (Å²) in [7, 11) is -3.38. The number of benzene rings is 1.